The van der Waals surface area contributed by atoms with Crippen molar-refractivity contribution < 1.29 is 27.2 Å². The van der Waals surface area contributed by atoms with Crippen molar-refractivity contribution in [1.82, 2.24) is 14.5 Å². The number of rotatable bonds is 7. The number of sulfonamides is 1. The molecule has 32 heavy (non-hydrogen) atoms. The number of hydrogen-bond donors (Lipinski definition) is 1. The smallest absolute Gasteiger partial charge is 0.287 e. The van der Waals surface area contributed by atoms with E-state index >= 15 is 0 Å². The number of nitrogens with one attached hydrogen (secondary N) is 1. The Labute approximate surface area is 187 Å². The first-order valence-corrected chi connectivity index (χ1v) is 11.8. The van der Waals surface area contributed by atoms with E-state index in [-0.39, 0.29) is 54.4 Å². The van der Waals surface area contributed by atoms with Gasteiger partial charge in [0.1, 0.15) is 6.04 Å². The van der Waals surface area contributed by atoms with E-state index in [0.717, 1.165) is 0 Å². The average Bonchev–Trinajstić information content (AvgIpc) is 3.32. The highest BCUT2D eigenvalue weighted by Gasteiger charge is 2.34. The number of hydrogen-bond acceptors (Lipinski definition) is 6. The van der Waals surface area contributed by atoms with Gasteiger partial charge in [-0.1, -0.05) is 26.0 Å². The summed E-state index contributed by atoms with van der Waals surface area (Å²) in [6.07, 6.45) is 1.38. The van der Waals surface area contributed by atoms with Crippen LogP contribution in [0.3, 0.4) is 0 Å². The number of furan rings is 1. The third-order valence-corrected chi connectivity index (χ3v) is 7.33. The fraction of sp³-hybridized carbons (Fsp3) is 0.409. The van der Waals surface area contributed by atoms with Gasteiger partial charge in [0, 0.05) is 31.7 Å². The minimum atomic E-state index is -3.74. The summed E-state index contributed by atoms with van der Waals surface area (Å²) < 4.78 is 32.3. The maximum atomic E-state index is 13.1. The molecule has 1 fully saturated rings. The molecule has 1 atom stereocenters. The van der Waals surface area contributed by atoms with Crippen LogP contribution in [0.25, 0.3) is 0 Å². The van der Waals surface area contributed by atoms with Gasteiger partial charge in [-0.25, -0.2) is 8.42 Å². The van der Waals surface area contributed by atoms with Crippen LogP contribution in [0.5, 0.6) is 0 Å². The highest BCUT2D eigenvalue weighted by atomic mass is 32.2. The van der Waals surface area contributed by atoms with E-state index in [4.69, 9.17) is 4.42 Å². The van der Waals surface area contributed by atoms with E-state index in [9.17, 15) is 22.8 Å². The summed E-state index contributed by atoms with van der Waals surface area (Å²) in [5.74, 6) is -0.918. The first-order valence-electron chi connectivity index (χ1n) is 10.4. The highest BCUT2D eigenvalue weighted by Crippen LogP contribution is 2.19. The Kier molecular flexibility index (Phi) is 7.15. The number of ketones is 1. The maximum Gasteiger partial charge on any atom is 0.287 e. The van der Waals surface area contributed by atoms with E-state index in [2.05, 4.69) is 5.32 Å². The van der Waals surface area contributed by atoms with Gasteiger partial charge in [0.25, 0.3) is 5.91 Å². The lowest BCUT2D eigenvalue weighted by atomic mass is 10.0. The number of benzene rings is 1. The summed E-state index contributed by atoms with van der Waals surface area (Å²) >= 11 is 0. The molecule has 2 heterocycles. The molecule has 1 aromatic heterocycles. The van der Waals surface area contributed by atoms with Gasteiger partial charge in [-0.2, -0.15) is 4.31 Å². The zero-order chi connectivity index (χ0) is 23.5. The van der Waals surface area contributed by atoms with Gasteiger partial charge in [-0.05, 0) is 37.1 Å². The molecule has 2 amide bonds. The predicted octanol–water partition coefficient (Wildman–Crippen LogP) is 1.77. The van der Waals surface area contributed by atoms with Crippen LogP contribution in [0, 0.1) is 5.92 Å². The van der Waals surface area contributed by atoms with Crippen LogP contribution in [-0.2, 0) is 14.8 Å². The lowest BCUT2D eigenvalue weighted by Gasteiger charge is -2.36. The minimum absolute atomic E-state index is 0.105. The molecule has 2 aromatic rings. The molecule has 0 spiro atoms. The Morgan fingerprint density at radius 1 is 1.00 bits per heavy atom. The van der Waals surface area contributed by atoms with Crippen LogP contribution in [-0.4, -0.2) is 67.4 Å². The zero-order valence-electron chi connectivity index (χ0n) is 18.3. The molecular weight excluding hydrogens is 434 g/mol. The molecule has 0 aliphatic carbocycles. The van der Waals surface area contributed by atoms with Crippen molar-refractivity contribution in [1.29, 1.82) is 0 Å². The van der Waals surface area contributed by atoms with Gasteiger partial charge in [-0.3, -0.25) is 14.4 Å². The molecule has 1 aliphatic heterocycles. The fourth-order valence-electron chi connectivity index (χ4n) is 3.49. The number of Topliss-reactive ketones (excluding diaryl/α,β-unsaturated/α-hetero) is 1. The molecule has 1 saturated heterocycles. The van der Waals surface area contributed by atoms with Crippen LogP contribution in [0.2, 0.25) is 0 Å². The molecule has 0 bridgehead atoms. The van der Waals surface area contributed by atoms with Crippen molar-refractivity contribution in [3.63, 3.8) is 0 Å². The second-order valence-corrected chi connectivity index (χ2v) is 9.92. The van der Waals surface area contributed by atoms with E-state index in [1.165, 1.54) is 47.8 Å². The van der Waals surface area contributed by atoms with Crippen LogP contribution < -0.4 is 5.32 Å². The molecule has 0 unspecified atom stereocenters. The molecule has 3 rings (SSSR count). The van der Waals surface area contributed by atoms with Crippen LogP contribution in [0.4, 0.5) is 0 Å². The second kappa shape index (κ2) is 9.66. The normalized spacial score (nSPS) is 16.1. The monoisotopic (exact) mass is 461 g/mol. The van der Waals surface area contributed by atoms with Crippen LogP contribution in [0.1, 0.15) is 41.7 Å². The fourth-order valence-corrected chi connectivity index (χ4v) is 4.91. The standard InChI is InChI=1S/C22H27N3O6S/c1-15(2)20(23-21(27)19-5-4-14-31-19)22(28)24-10-12-25(13-11-24)32(29,30)18-8-6-17(7-9-18)16(3)26/h4-9,14-15,20H,10-13H2,1-3H3,(H,23,27)/t20-/m0/s1. The first kappa shape index (κ1) is 23.7. The van der Waals surface area contributed by atoms with Crippen molar-refractivity contribution in [2.75, 3.05) is 26.2 Å². The first-order chi connectivity index (χ1) is 15.1. The average molecular weight is 462 g/mol. The van der Waals surface area contributed by atoms with Gasteiger partial charge in [0.2, 0.25) is 15.9 Å². The molecule has 9 nitrogen and oxygen atoms in total. The molecule has 1 aliphatic rings. The van der Waals surface area contributed by atoms with Gasteiger partial charge in [-0.15, -0.1) is 0 Å². The summed E-state index contributed by atoms with van der Waals surface area (Å²) in [6.45, 7) is 5.78. The summed E-state index contributed by atoms with van der Waals surface area (Å²) in [4.78, 5) is 38.5. The number of piperazine rings is 1. The minimum Gasteiger partial charge on any atom is -0.459 e. The van der Waals surface area contributed by atoms with Gasteiger partial charge in [0.05, 0.1) is 11.2 Å². The number of nitrogens with zero attached hydrogens (tertiary/aromatic N) is 2. The summed E-state index contributed by atoms with van der Waals surface area (Å²) in [5.41, 5.74) is 0.440. The number of amides is 2. The second-order valence-electron chi connectivity index (χ2n) is 7.98. The third-order valence-electron chi connectivity index (χ3n) is 5.41. The lowest BCUT2D eigenvalue weighted by Crippen LogP contribution is -2.57. The predicted molar refractivity (Wildman–Crippen MR) is 117 cm³/mol. The Bertz CT molecular complexity index is 1070. The van der Waals surface area contributed by atoms with Crippen molar-refractivity contribution in [2.45, 2.75) is 31.7 Å². The summed E-state index contributed by atoms with van der Waals surface area (Å²) in [5, 5.41) is 2.71. The molecule has 0 saturated carbocycles. The third kappa shape index (κ3) is 5.08. The summed E-state index contributed by atoms with van der Waals surface area (Å²) in [7, 11) is -3.74. The zero-order valence-corrected chi connectivity index (χ0v) is 19.1. The Hall–Kier alpha value is -2.98. The van der Waals surface area contributed by atoms with Crippen molar-refractivity contribution in [3.8, 4) is 0 Å². The molecular formula is C22H27N3O6S. The Balaban J connectivity index is 1.64. The van der Waals surface area contributed by atoms with Gasteiger partial charge in [0.15, 0.2) is 11.5 Å². The van der Waals surface area contributed by atoms with E-state index in [0.29, 0.717) is 5.56 Å². The largest absolute Gasteiger partial charge is 0.459 e. The topological polar surface area (TPSA) is 117 Å². The highest BCUT2D eigenvalue weighted by molar-refractivity contribution is 7.89. The van der Waals surface area contributed by atoms with E-state index in [1.807, 2.05) is 13.8 Å². The van der Waals surface area contributed by atoms with Crippen molar-refractivity contribution >= 4 is 27.6 Å². The van der Waals surface area contributed by atoms with Crippen LogP contribution >= 0.6 is 0 Å². The van der Waals surface area contributed by atoms with Crippen molar-refractivity contribution in [2.24, 2.45) is 5.92 Å². The molecule has 0 radical (unpaired) electrons. The van der Waals surface area contributed by atoms with E-state index in [1.54, 1.807) is 11.0 Å². The molecule has 1 N–H and O–H groups in total. The maximum absolute atomic E-state index is 13.1. The van der Waals surface area contributed by atoms with Gasteiger partial charge >= 0.3 is 0 Å². The Morgan fingerprint density at radius 2 is 1.62 bits per heavy atom. The van der Waals surface area contributed by atoms with Crippen LogP contribution in [0.15, 0.2) is 52.0 Å². The quantitative estimate of drug-likeness (QED) is 0.628. The van der Waals surface area contributed by atoms with Gasteiger partial charge < -0.3 is 14.6 Å². The number of carbonyl (C=O) groups excluding carboxylic acids is 3. The Morgan fingerprint density at radius 3 is 2.12 bits per heavy atom. The number of carbonyl (C=O) groups is 3. The van der Waals surface area contributed by atoms with Crippen molar-refractivity contribution in [3.05, 3.63) is 54.0 Å². The summed E-state index contributed by atoms with van der Waals surface area (Å²) in [6, 6.07) is 8.17. The molecule has 10 heteroatoms. The van der Waals surface area contributed by atoms with E-state index < -0.39 is 22.0 Å². The SMILES string of the molecule is CC(=O)c1ccc(S(=O)(=O)N2CCN(C(=O)[C@@H](NC(=O)c3ccco3)C(C)C)CC2)cc1. The molecule has 172 valence electrons. The molecule has 1 aromatic carbocycles. The lowest BCUT2D eigenvalue weighted by molar-refractivity contribution is -0.135.